The molecule has 0 fully saturated rings. The first kappa shape index (κ1) is 19.1. The molecule has 0 aliphatic rings. The van der Waals surface area contributed by atoms with Gasteiger partial charge in [0.05, 0.1) is 18.6 Å². The standard InChI is InChI=1S/C21H21N5O2S/c1-28-19-9-5-4-8-18(19)26-14-24-25-21(26)29-13-20(27)22-11-10-15-12-23-17-7-3-2-6-16(15)17/h2-9,12,14,23H,10-11,13H2,1H3,(H,22,27). The molecule has 1 amide bonds. The molecule has 7 nitrogen and oxygen atoms in total. The molecule has 0 bridgehead atoms. The predicted molar refractivity (Wildman–Crippen MR) is 114 cm³/mol. The maximum atomic E-state index is 12.3. The van der Waals surface area contributed by atoms with E-state index < -0.39 is 0 Å². The zero-order valence-electron chi connectivity index (χ0n) is 16.0. The summed E-state index contributed by atoms with van der Waals surface area (Å²) in [5, 5.41) is 12.9. The predicted octanol–water partition coefficient (Wildman–Crippen LogP) is 3.21. The number of methoxy groups -OCH3 is 1. The highest BCUT2D eigenvalue weighted by Crippen LogP contribution is 2.26. The van der Waals surface area contributed by atoms with Gasteiger partial charge in [0.25, 0.3) is 0 Å². The fraction of sp³-hybridized carbons (Fsp3) is 0.190. The van der Waals surface area contributed by atoms with Crippen molar-refractivity contribution >= 4 is 28.6 Å². The Bertz CT molecular complexity index is 1120. The Hall–Kier alpha value is -3.26. The molecular weight excluding hydrogens is 386 g/mol. The molecule has 2 N–H and O–H groups in total. The van der Waals surface area contributed by atoms with E-state index in [9.17, 15) is 4.79 Å². The first-order chi connectivity index (χ1) is 14.3. The van der Waals surface area contributed by atoms with Crippen molar-refractivity contribution in [3.63, 3.8) is 0 Å². The van der Waals surface area contributed by atoms with Gasteiger partial charge in [0.15, 0.2) is 5.16 Å². The molecule has 0 saturated heterocycles. The van der Waals surface area contributed by atoms with E-state index in [-0.39, 0.29) is 11.7 Å². The van der Waals surface area contributed by atoms with Crippen LogP contribution >= 0.6 is 11.8 Å². The van der Waals surface area contributed by atoms with Crippen molar-refractivity contribution in [1.82, 2.24) is 25.1 Å². The Morgan fingerprint density at radius 2 is 2.03 bits per heavy atom. The second-order valence-electron chi connectivity index (χ2n) is 6.40. The van der Waals surface area contributed by atoms with E-state index in [4.69, 9.17) is 4.74 Å². The molecule has 8 heteroatoms. The van der Waals surface area contributed by atoms with E-state index in [0.29, 0.717) is 11.7 Å². The maximum Gasteiger partial charge on any atom is 0.230 e. The van der Waals surface area contributed by atoms with Gasteiger partial charge in [-0.25, -0.2) is 0 Å². The Morgan fingerprint density at radius 1 is 1.21 bits per heavy atom. The molecule has 2 aromatic carbocycles. The molecule has 2 aromatic heterocycles. The molecule has 0 saturated carbocycles. The van der Waals surface area contributed by atoms with Crippen molar-refractivity contribution in [3.05, 3.63) is 66.6 Å². The highest BCUT2D eigenvalue weighted by molar-refractivity contribution is 7.99. The normalized spacial score (nSPS) is 10.9. The van der Waals surface area contributed by atoms with Crippen molar-refractivity contribution in [1.29, 1.82) is 0 Å². The topological polar surface area (TPSA) is 84.8 Å². The van der Waals surface area contributed by atoms with Crippen molar-refractivity contribution in [2.45, 2.75) is 11.6 Å². The molecule has 0 unspecified atom stereocenters. The molecular formula is C21H21N5O2S. The van der Waals surface area contributed by atoms with Crippen LogP contribution in [-0.2, 0) is 11.2 Å². The smallest absolute Gasteiger partial charge is 0.230 e. The summed E-state index contributed by atoms with van der Waals surface area (Å²) in [5.74, 6) is 0.948. The van der Waals surface area contributed by atoms with E-state index in [2.05, 4.69) is 26.6 Å². The molecule has 0 aliphatic heterocycles. The van der Waals surface area contributed by atoms with Crippen LogP contribution in [0.3, 0.4) is 0 Å². The lowest BCUT2D eigenvalue weighted by Gasteiger charge is -2.10. The number of amides is 1. The Morgan fingerprint density at radius 3 is 2.93 bits per heavy atom. The van der Waals surface area contributed by atoms with Gasteiger partial charge in [-0.15, -0.1) is 10.2 Å². The zero-order valence-corrected chi connectivity index (χ0v) is 16.8. The van der Waals surface area contributed by atoms with Gasteiger partial charge >= 0.3 is 0 Å². The lowest BCUT2D eigenvalue weighted by Crippen LogP contribution is -2.27. The van der Waals surface area contributed by atoms with E-state index in [1.54, 1.807) is 13.4 Å². The molecule has 0 radical (unpaired) electrons. The molecule has 2 heterocycles. The number of ether oxygens (including phenoxy) is 1. The van der Waals surface area contributed by atoms with Gasteiger partial charge in [0, 0.05) is 23.6 Å². The van der Waals surface area contributed by atoms with Crippen molar-refractivity contribution in [2.75, 3.05) is 19.4 Å². The molecule has 4 aromatic rings. The van der Waals surface area contributed by atoms with Crippen molar-refractivity contribution in [2.24, 2.45) is 0 Å². The summed E-state index contributed by atoms with van der Waals surface area (Å²) in [6.07, 6.45) is 4.40. The van der Waals surface area contributed by atoms with Gasteiger partial charge in [0.2, 0.25) is 5.91 Å². The highest BCUT2D eigenvalue weighted by Gasteiger charge is 2.13. The van der Waals surface area contributed by atoms with E-state index in [0.717, 1.165) is 23.4 Å². The summed E-state index contributed by atoms with van der Waals surface area (Å²) in [6.45, 7) is 0.584. The first-order valence-electron chi connectivity index (χ1n) is 9.24. The van der Waals surface area contributed by atoms with Crippen LogP contribution in [0.4, 0.5) is 0 Å². The van der Waals surface area contributed by atoms with Gasteiger partial charge in [-0.2, -0.15) is 0 Å². The number of thioether (sulfide) groups is 1. The second-order valence-corrected chi connectivity index (χ2v) is 7.35. The number of nitrogens with one attached hydrogen (secondary N) is 2. The summed E-state index contributed by atoms with van der Waals surface area (Å²) in [6, 6.07) is 15.8. The third-order valence-corrected chi connectivity index (χ3v) is 5.53. The number of para-hydroxylation sites is 3. The number of hydrogen-bond acceptors (Lipinski definition) is 5. The number of aromatic nitrogens is 4. The number of carbonyl (C=O) groups excluding carboxylic acids is 1. The van der Waals surface area contributed by atoms with Gasteiger partial charge in [-0.3, -0.25) is 9.36 Å². The van der Waals surface area contributed by atoms with E-state index in [1.807, 2.05) is 53.2 Å². The Labute approximate surface area is 172 Å². The van der Waals surface area contributed by atoms with Gasteiger partial charge < -0.3 is 15.0 Å². The zero-order chi connectivity index (χ0) is 20.1. The minimum Gasteiger partial charge on any atom is -0.495 e. The number of hydrogen-bond donors (Lipinski definition) is 2. The van der Waals surface area contributed by atoms with Crippen LogP contribution < -0.4 is 10.1 Å². The summed E-state index contributed by atoms with van der Waals surface area (Å²) >= 11 is 1.34. The highest BCUT2D eigenvalue weighted by atomic mass is 32.2. The average molecular weight is 407 g/mol. The monoisotopic (exact) mass is 407 g/mol. The minimum atomic E-state index is -0.0376. The summed E-state index contributed by atoms with van der Waals surface area (Å²) < 4.78 is 7.22. The van der Waals surface area contributed by atoms with Crippen LogP contribution in [0.15, 0.2) is 66.2 Å². The molecule has 0 spiro atoms. The van der Waals surface area contributed by atoms with Crippen LogP contribution in [0.25, 0.3) is 16.6 Å². The SMILES string of the molecule is COc1ccccc1-n1cnnc1SCC(=O)NCCc1c[nH]c2ccccc12. The largest absolute Gasteiger partial charge is 0.495 e. The number of aromatic amines is 1. The summed E-state index contributed by atoms with van der Waals surface area (Å²) in [4.78, 5) is 15.5. The third kappa shape index (κ3) is 4.27. The molecule has 0 atom stereocenters. The summed E-state index contributed by atoms with van der Waals surface area (Å²) in [5.41, 5.74) is 3.15. The number of rotatable bonds is 8. The summed E-state index contributed by atoms with van der Waals surface area (Å²) in [7, 11) is 1.62. The van der Waals surface area contributed by atoms with E-state index >= 15 is 0 Å². The minimum absolute atomic E-state index is 0.0376. The molecule has 148 valence electrons. The van der Waals surface area contributed by atoms with Crippen LogP contribution in [-0.4, -0.2) is 45.1 Å². The van der Waals surface area contributed by atoms with Crippen LogP contribution in [0.5, 0.6) is 5.75 Å². The lowest BCUT2D eigenvalue weighted by atomic mass is 10.1. The Balaban J connectivity index is 1.32. The van der Waals surface area contributed by atoms with Gasteiger partial charge in [-0.1, -0.05) is 42.1 Å². The van der Waals surface area contributed by atoms with Gasteiger partial charge in [-0.05, 0) is 30.2 Å². The lowest BCUT2D eigenvalue weighted by molar-refractivity contribution is -0.118. The second kappa shape index (κ2) is 8.83. The van der Waals surface area contributed by atoms with Crippen molar-refractivity contribution in [3.8, 4) is 11.4 Å². The molecule has 0 aliphatic carbocycles. The fourth-order valence-corrected chi connectivity index (χ4v) is 3.92. The molecule has 4 rings (SSSR count). The van der Waals surface area contributed by atoms with Crippen LogP contribution in [0.2, 0.25) is 0 Å². The fourth-order valence-electron chi connectivity index (χ4n) is 3.17. The number of H-pyrrole nitrogens is 1. The Kier molecular flexibility index (Phi) is 5.81. The average Bonchev–Trinajstić information content (AvgIpc) is 3.39. The number of carbonyl (C=O) groups is 1. The number of benzene rings is 2. The quantitative estimate of drug-likeness (QED) is 0.438. The first-order valence-corrected chi connectivity index (χ1v) is 10.2. The van der Waals surface area contributed by atoms with Crippen molar-refractivity contribution < 1.29 is 9.53 Å². The van der Waals surface area contributed by atoms with Crippen LogP contribution in [0.1, 0.15) is 5.56 Å². The van der Waals surface area contributed by atoms with Crippen LogP contribution in [0, 0.1) is 0 Å². The van der Waals surface area contributed by atoms with E-state index in [1.165, 1.54) is 22.7 Å². The number of fused-ring (bicyclic) bond motifs is 1. The third-order valence-electron chi connectivity index (χ3n) is 4.58. The maximum absolute atomic E-state index is 12.3. The van der Waals surface area contributed by atoms with Gasteiger partial charge in [0.1, 0.15) is 12.1 Å². The number of nitrogens with zero attached hydrogens (tertiary/aromatic N) is 3. The molecule has 29 heavy (non-hydrogen) atoms.